The summed E-state index contributed by atoms with van der Waals surface area (Å²) in [6.07, 6.45) is -1.67. The van der Waals surface area contributed by atoms with Crippen molar-refractivity contribution in [2.75, 3.05) is 25.0 Å². The Morgan fingerprint density at radius 1 is 1.09 bits per heavy atom. The van der Waals surface area contributed by atoms with E-state index in [0.29, 0.717) is 0 Å². The summed E-state index contributed by atoms with van der Waals surface area (Å²) in [6.45, 7) is 2.01. The van der Waals surface area contributed by atoms with Gasteiger partial charge in [0.1, 0.15) is 0 Å². The minimum absolute atomic E-state index is 0.0128. The first-order valence-corrected chi connectivity index (χ1v) is 10.4. The van der Waals surface area contributed by atoms with Gasteiger partial charge in [-0.1, -0.05) is 30.3 Å². The zero-order valence-electron chi connectivity index (χ0n) is 18.4. The third kappa shape index (κ3) is 4.75. The highest BCUT2D eigenvalue weighted by atomic mass is 16.3. The summed E-state index contributed by atoms with van der Waals surface area (Å²) in [6, 6.07) is 8.90. The second kappa shape index (κ2) is 10.1. The third-order valence-electron chi connectivity index (χ3n) is 5.43. The first-order valence-electron chi connectivity index (χ1n) is 10.4. The fourth-order valence-electron chi connectivity index (χ4n) is 3.57. The largest absolute Gasteiger partial charge is 0.395 e. The van der Waals surface area contributed by atoms with E-state index in [4.69, 9.17) is 5.11 Å². The number of anilines is 1. The van der Waals surface area contributed by atoms with Crippen molar-refractivity contribution in [1.82, 2.24) is 24.0 Å². The SMILES string of the molecule is CC(NCC(O)Cn1c(NCCO)nc2c1c(=O)n(C)c(=O)n2C)C(O)c1ccccc1. The summed E-state index contributed by atoms with van der Waals surface area (Å²) in [5.41, 5.74) is 0.0907. The van der Waals surface area contributed by atoms with Crippen LogP contribution >= 0.6 is 0 Å². The van der Waals surface area contributed by atoms with Crippen LogP contribution in [0.5, 0.6) is 0 Å². The summed E-state index contributed by atoms with van der Waals surface area (Å²) in [5.74, 6) is 0.267. The molecule has 0 aliphatic heterocycles. The minimum atomic E-state index is -0.922. The molecular formula is C21H30N6O5. The molecule has 2 heterocycles. The lowest BCUT2D eigenvalue weighted by Gasteiger charge is -2.23. The Kier molecular flexibility index (Phi) is 7.46. The van der Waals surface area contributed by atoms with Crippen molar-refractivity contribution >= 4 is 17.1 Å². The van der Waals surface area contributed by atoms with E-state index in [1.54, 1.807) is 0 Å². The Bertz CT molecular complexity index is 1170. The van der Waals surface area contributed by atoms with Crippen LogP contribution in [-0.2, 0) is 20.6 Å². The van der Waals surface area contributed by atoms with Gasteiger partial charge in [0, 0.05) is 33.2 Å². The lowest BCUT2D eigenvalue weighted by atomic mass is 10.0. The predicted molar refractivity (Wildman–Crippen MR) is 121 cm³/mol. The Hall–Kier alpha value is -2.99. The average molecular weight is 447 g/mol. The molecule has 0 amide bonds. The van der Waals surface area contributed by atoms with Crippen LogP contribution in [0.25, 0.3) is 11.2 Å². The van der Waals surface area contributed by atoms with Gasteiger partial charge >= 0.3 is 5.69 Å². The van der Waals surface area contributed by atoms with Crippen molar-refractivity contribution in [2.24, 2.45) is 14.1 Å². The van der Waals surface area contributed by atoms with Gasteiger partial charge in [0.25, 0.3) is 5.56 Å². The monoisotopic (exact) mass is 446 g/mol. The van der Waals surface area contributed by atoms with Crippen molar-refractivity contribution in [3.8, 4) is 0 Å². The number of imidazole rings is 1. The van der Waals surface area contributed by atoms with Crippen LogP contribution in [0, 0.1) is 0 Å². The Labute approximate surface area is 184 Å². The molecule has 0 aliphatic rings. The fraction of sp³-hybridized carbons (Fsp3) is 0.476. The third-order valence-corrected chi connectivity index (χ3v) is 5.43. The molecule has 2 aromatic heterocycles. The van der Waals surface area contributed by atoms with E-state index in [0.717, 1.165) is 10.1 Å². The van der Waals surface area contributed by atoms with Crippen molar-refractivity contribution < 1.29 is 15.3 Å². The predicted octanol–water partition coefficient (Wildman–Crippen LogP) is -1.09. The van der Waals surface area contributed by atoms with Crippen LogP contribution < -0.4 is 21.9 Å². The second-order valence-electron chi connectivity index (χ2n) is 7.78. The number of aliphatic hydroxyl groups is 3. The van der Waals surface area contributed by atoms with Crippen LogP contribution in [0.15, 0.2) is 39.9 Å². The molecule has 0 saturated heterocycles. The number of aryl methyl sites for hydroxylation is 1. The normalized spacial score (nSPS) is 14.4. The molecule has 1 aromatic carbocycles. The van der Waals surface area contributed by atoms with Crippen LogP contribution in [0.2, 0.25) is 0 Å². The quantitative estimate of drug-likeness (QED) is 0.264. The molecule has 0 aliphatic carbocycles. The van der Waals surface area contributed by atoms with Gasteiger partial charge in [0.15, 0.2) is 11.2 Å². The van der Waals surface area contributed by atoms with E-state index >= 15 is 0 Å². The zero-order chi connectivity index (χ0) is 23.4. The van der Waals surface area contributed by atoms with Gasteiger partial charge in [0.2, 0.25) is 5.95 Å². The number of aromatic nitrogens is 4. The number of nitrogens with zero attached hydrogens (tertiary/aromatic N) is 4. The smallest absolute Gasteiger partial charge is 0.332 e. The summed E-state index contributed by atoms with van der Waals surface area (Å²) in [5, 5.41) is 36.4. The number of hydrogen-bond acceptors (Lipinski definition) is 8. The van der Waals surface area contributed by atoms with Crippen molar-refractivity contribution in [3.05, 3.63) is 56.7 Å². The molecule has 11 nitrogen and oxygen atoms in total. The Morgan fingerprint density at radius 2 is 1.78 bits per heavy atom. The molecule has 5 N–H and O–H groups in total. The van der Waals surface area contributed by atoms with Crippen molar-refractivity contribution in [1.29, 1.82) is 0 Å². The maximum absolute atomic E-state index is 12.8. The molecule has 3 atom stereocenters. The van der Waals surface area contributed by atoms with E-state index in [1.807, 2.05) is 37.3 Å². The molecule has 32 heavy (non-hydrogen) atoms. The van der Waals surface area contributed by atoms with Gasteiger partial charge in [0.05, 0.1) is 25.4 Å². The van der Waals surface area contributed by atoms with Gasteiger partial charge < -0.3 is 30.5 Å². The lowest BCUT2D eigenvalue weighted by Crippen LogP contribution is -2.40. The average Bonchev–Trinajstić information content (AvgIpc) is 3.16. The molecule has 3 aromatic rings. The fourth-order valence-corrected chi connectivity index (χ4v) is 3.57. The van der Waals surface area contributed by atoms with E-state index in [9.17, 15) is 19.8 Å². The van der Waals surface area contributed by atoms with Crippen molar-refractivity contribution in [2.45, 2.75) is 31.7 Å². The van der Waals surface area contributed by atoms with Gasteiger partial charge in [-0.3, -0.25) is 13.9 Å². The molecule has 0 radical (unpaired) electrons. The molecule has 0 spiro atoms. The van der Waals surface area contributed by atoms with E-state index in [-0.39, 0.29) is 49.4 Å². The van der Waals surface area contributed by atoms with E-state index in [1.165, 1.54) is 23.2 Å². The van der Waals surface area contributed by atoms with Crippen LogP contribution in [-0.4, -0.2) is 65.8 Å². The molecule has 174 valence electrons. The number of hydrogen-bond donors (Lipinski definition) is 5. The van der Waals surface area contributed by atoms with Crippen molar-refractivity contribution in [3.63, 3.8) is 0 Å². The number of nitrogens with one attached hydrogen (secondary N) is 2. The number of rotatable bonds is 10. The molecule has 0 bridgehead atoms. The maximum Gasteiger partial charge on any atom is 0.332 e. The topological polar surface area (TPSA) is 147 Å². The van der Waals surface area contributed by atoms with E-state index < -0.39 is 23.5 Å². The molecule has 0 fully saturated rings. The first kappa shape index (κ1) is 23.7. The van der Waals surface area contributed by atoms with Gasteiger partial charge in [-0.15, -0.1) is 0 Å². The molecule has 0 saturated carbocycles. The Balaban J connectivity index is 1.82. The molecule has 11 heteroatoms. The summed E-state index contributed by atoms with van der Waals surface area (Å²) < 4.78 is 3.76. The van der Waals surface area contributed by atoms with Gasteiger partial charge in [-0.2, -0.15) is 4.98 Å². The number of benzene rings is 1. The lowest BCUT2D eigenvalue weighted by molar-refractivity contribution is 0.110. The van der Waals surface area contributed by atoms with Crippen LogP contribution in [0.4, 0.5) is 5.95 Å². The summed E-state index contributed by atoms with van der Waals surface area (Å²) in [4.78, 5) is 29.4. The van der Waals surface area contributed by atoms with Gasteiger partial charge in [-0.05, 0) is 12.5 Å². The Morgan fingerprint density at radius 3 is 2.44 bits per heavy atom. The zero-order valence-corrected chi connectivity index (χ0v) is 18.4. The first-order chi connectivity index (χ1) is 15.3. The van der Waals surface area contributed by atoms with E-state index in [2.05, 4.69) is 15.6 Å². The highest BCUT2D eigenvalue weighted by Gasteiger charge is 2.22. The minimum Gasteiger partial charge on any atom is -0.395 e. The maximum atomic E-state index is 12.8. The second-order valence-corrected chi connectivity index (χ2v) is 7.78. The molecule has 3 rings (SSSR count). The summed E-state index contributed by atoms with van der Waals surface area (Å²) >= 11 is 0. The standard InChI is InChI=1S/C21H30N6O5/c1-13(17(30)14-7-5-4-6-8-14)23-11-15(29)12-27-16-18(24-20(27)22-9-10-28)25(2)21(32)26(3)19(16)31/h4-8,13,15,17,23,28-30H,9-12H2,1-3H3,(H,22,24). The number of aliphatic hydroxyl groups excluding tert-OH is 3. The summed E-state index contributed by atoms with van der Waals surface area (Å²) in [7, 11) is 2.90. The van der Waals surface area contributed by atoms with Gasteiger partial charge in [-0.25, -0.2) is 4.79 Å². The number of fused-ring (bicyclic) bond motifs is 1. The highest BCUT2D eigenvalue weighted by Crippen LogP contribution is 2.18. The molecular weight excluding hydrogens is 416 g/mol. The molecule has 3 unspecified atom stereocenters. The van der Waals surface area contributed by atoms with Crippen LogP contribution in [0.3, 0.4) is 0 Å². The highest BCUT2D eigenvalue weighted by molar-refractivity contribution is 5.74. The van der Waals surface area contributed by atoms with Crippen LogP contribution in [0.1, 0.15) is 18.6 Å².